The Labute approximate surface area is 219 Å². The average Bonchev–Trinajstić information content (AvgIpc) is 3.55. The molecule has 2 N–H and O–H groups in total. The number of anilines is 1. The van der Waals surface area contributed by atoms with Crippen molar-refractivity contribution in [1.29, 1.82) is 5.26 Å². The van der Waals surface area contributed by atoms with Gasteiger partial charge in [0.1, 0.15) is 5.69 Å². The summed E-state index contributed by atoms with van der Waals surface area (Å²) in [6.07, 6.45) is 4.71. The lowest BCUT2D eigenvalue weighted by Crippen LogP contribution is -2.36. The van der Waals surface area contributed by atoms with Crippen LogP contribution in [0.5, 0.6) is 0 Å². The fourth-order valence-corrected chi connectivity index (χ4v) is 5.44. The number of nitriles is 1. The summed E-state index contributed by atoms with van der Waals surface area (Å²) in [6, 6.07) is 17.2. The summed E-state index contributed by atoms with van der Waals surface area (Å²) in [5.41, 5.74) is 4.81. The number of hydrogen-bond acceptors (Lipinski definition) is 8. The van der Waals surface area contributed by atoms with Crippen molar-refractivity contribution in [1.82, 2.24) is 25.3 Å². The van der Waals surface area contributed by atoms with Gasteiger partial charge in [-0.15, -0.1) is 16.4 Å². The SMILES string of the molecule is COCCNC1CCc2nc(NC(=O)c3cccc(Cn4cc(-c5ccc(C#N)cc5)nn4)c3)sc2C1. The first-order valence-corrected chi connectivity index (χ1v) is 12.9. The van der Waals surface area contributed by atoms with E-state index in [9.17, 15) is 4.79 Å². The number of aryl methyl sites for hydroxylation is 1. The van der Waals surface area contributed by atoms with Gasteiger partial charge in [0.25, 0.3) is 5.91 Å². The predicted molar refractivity (Wildman–Crippen MR) is 141 cm³/mol. The minimum absolute atomic E-state index is 0.181. The third kappa shape index (κ3) is 6.09. The first-order valence-electron chi connectivity index (χ1n) is 12.1. The summed E-state index contributed by atoms with van der Waals surface area (Å²) in [6.45, 7) is 2.01. The first-order chi connectivity index (χ1) is 18.1. The molecule has 1 aliphatic carbocycles. The number of nitrogens with zero attached hydrogens (tertiary/aromatic N) is 5. The third-order valence-electron chi connectivity index (χ3n) is 6.28. The number of rotatable bonds is 9. The van der Waals surface area contributed by atoms with Crippen LogP contribution in [-0.4, -0.2) is 52.2 Å². The van der Waals surface area contributed by atoms with Crippen molar-refractivity contribution in [3.63, 3.8) is 0 Å². The van der Waals surface area contributed by atoms with Gasteiger partial charge in [-0.2, -0.15) is 5.26 Å². The van der Waals surface area contributed by atoms with Gasteiger partial charge in [-0.25, -0.2) is 9.67 Å². The van der Waals surface area contributed by atoms with E-state index in [4.69, 9.17) is 10.00 Å². The topological polar surface area (TPSA) is 118 Å². The molecule has 0 spiro atoms. The van der Waals surface area contributed by atoms with Crippen molar-refractivity contribution in [2.75, 3.05) is 25.6 Å². The Morgan fingerprint density at radius 2 is 2.14 bits per heavy atom. The quantitative estimate of drug-likeness (QED) is 0.328. The van der Waals surface area contributed by atoms with Crippen LogP contribution in [0.2, 0.25) is 0 Å². The predicted octanol–water partition coefficient (Wildman–Crippen LogP) is 3.67. The van der Waals surface area contributed by atoms with Gasteiger partial charge in [0.2, 0.25) is 0 Å². The number of nitrogens with one attached hydrogen (secondary N) is 2. The molecular formula is C27H27N7O2S. The van der Waals surface area contributed by atoms with Gasteiger partial charge in [-0.1, -0.05) is 29.5 Å². The van der Waals surface area contributed by atoms with Gasteiger partial charge in [-0.3, -0.25) is 10.1 Å². The number of carbonyl (C=O) groups is 1. The molecule has 1 aliphatic rings. The van der Waals surface area contributed by atoms with Crippen LogP contribution >= 0.6 is 11.3 Å². The Bertz CT molecular complexity index is 1420. The second kappa shape index (κ2) is 11.4. The number of amides is 1. The monoisotopic (exact) mass is 513 g/mol. The van der Waals surface area contributed by atoms with E-state index in [-0.39, 0.29) is 5.91 Å². The summed E-state index contributed by atoms with van der Waals surface area (Å²) in [5.74, 6) is -0.181. The van der Waals surface area contributed by atoms with E-state index in [0.29, 0.717) is 35.5 Å². The Balaban J connectivity index is 1.21. The molecule has 0 bridgehead atoms. The molecule has 37 heavy (non-hydrogen) atoms. The zero-order valence-electron chi connectivity index (χ0n) is 20.5. The number of methoxy groups -OCH3 is 1. The van der Waals surface area contributed by atoms with E-state index in [2.05, 4.69) is 32.0 Å². The lowest BCUT2D eigenvalue weighted by atomic mass is 9.98. The maximum Gasteiger partial charge on any atom is 0.257 e. The fraction of sp³-hybridized carbons (Fsp3) is 0.296. The van der Waals surface area contributed by atoms with Crippen LogP contribution in [0, 0.1) is 11.3 Å². The van der Waals surface area contributed by atoms with Crippen LogP contribution in [0.3, 0.4) is 0 Å². The minimum Gasteiger partial charge on any atom is -0.383 e. The van der Waals surface area contributed by atoms with E-state index in [0.717, 1.165) is 48.3 Å². The number of thiazole rings is 1. The molecular weight excluding hydrogens is 486 g/mol. The molecule has 0 fully saturated rings. The highest BCUT2D eigenvalue weighted by atomic mass is 32.1. The summed E-state index contributed by atoms with van der Waals surface area (Å²) in [4.78, 5) is 18.9. The number of aromatic nitrogens is 4. The highest BCUT2D eigenvalue weighted by molar-refractivity contribution is 7.15. The zero-order chi connectivity index (χ0) is 25.6. The molecule has 10 heteroatoms. The average molecular weight is 514 g/mol. The largest absolute Gasteiger partial charge is 0.383 e. The molecule has 9 nitrogen and oxygen atoms in total. The zero-order valence-corrected chi connectivity index (χ0v) is 21.3. The molecule has 1 unspecified atom stereocenters. The highest BCUT2D eigenvalue weighted by Gasteiger charge is 2.23. The molecule has 2 heterocycles. The van der Waals surface area contributed by atoms with E-state index in [1.54, 1.807) is 41.3 Å². The molecule has 2 aromatic heterocycles. The third-order valence-corrected chi connectivity index (χ3v) is 7.32. The number of benzene rings is 2. The smallest absolute Gasteiger partial charge is 0.257 e. The molecule has 5 rings (SSSR count). The van der Waals surface area contributed by atoms with Gasteiger partial charge in [0.05, 0.1) is 36.7 Å². The van der Waals surface area contributed by atoms with Crippen molar-refractivity contribution >= 4 is 22.4 Å². The molecule has 0 aliphatic heterocycles. The second-order valence-electron chi connectivity index (χ2n) is 8.92. The minimum atomic E-state index is -0.181. The van der Waals surface area contributed by atoms with Crippen molar-refractivity contribution in [2.24, 2.45) is 0 Å². The van der Waals surface area contributed by atoms with Crippen LogP contribution in [0.15, 0.2) is 54.7 Å². The number of carbonyl (C=O) groups excluding carboxylic acids is 1. The summed E-state index contributed by atoms with van der Waals surface area (Å²) >= 11 is 1.56. The molecule has 188 valence electrons. The van der Waals surface area contributed by atoms with Crippen LogP contribution in [-0.2, 0) is 24.1 Å². The summed E-state index contributed by atoms with van der Waals surface area (Å²) < 4.78 is 6.86. The van der Waals surface area contributed by atoms with Crippen molar-refractivity contribution < 1.29 is 9.53 Å². The molecule has 0 saturated carbocycles. The number of ether oxygens (including phenoxy) is 1. The fourth-order valence-electron chi connectivity index (χ4n) is 4.36. The number of hydrogen-bond donors (Lipinski definition) is 2. The molecule has 1 atom stereocenters. The van der Waals surface area contributed by atoms with Crippen LogP contribution in [0.1, 0.15) is 38.5 Å². The highest BCUT2D eigenvalue weighted by Crippen LogP contribution is 2.30. The molecule has 0 saturated heterocycles. The molecule has 1 amide bonds. The van der Waals surface area contributed by atoms with Gasteiger partial charge in [0, 0.05) is 35.7 Å². The van der Waals surface area contributed by atoms with Gasteiger partial charge >= 0.3 is 0 Å². The van der Waals surface area contributed by atoms with Gasteiger partial charge in [0.15, 0.2) is 5.13 Å². The van der Waals surface area contributed by atoms with Crippen molar-refractivity contribution in [3.8, 4) is 17.3 Å². The number of fused-ring (bicyclic) bond motifs is 1. The van der Waals surface area contributed by atoms with E-state index < -0.39 is 0 Å². The Kier molecular flexibility index (Phi) is 7.65. The van der Waals surface area contributed by atoms with E-state index >= 15 is 0 Å². The van der Waals surface area contributed by atoms with Gasteiger partial charge < -0.3 is 10.1 Å². The molecule has 0 radical (unpaired) electrons. The summed E-state index contributed by atoms with van der Waals surface area (Å²) in [5, 5.41) is 24.6. The van der Waals surface area contributed by atoms with Crippen LogP contribution < -0.4 is 10.6 Å². The summed E-state index contributed by atoms with van der Waals surface area (Å²) in [7, 11) is 1.71. The van der Waals surface area contributed by atoms with Gasteiger partial charge in [-0.05, 0) is 49.1 Å². The van der Waals surface area contributed by atoms with E-state index in [1.807, 2.05) is 36.5 Å². The normalized spacial score (nSPS) is 14.6. The van der Waals surface area contributed by atoms with Crippen molar-refractivity contribution in [3.05, 3.63) is 82.0 Å². The van der Waals surface area contributed by atoms with Crippen LogP contribution in [0.25, 0.3) is 11.3 Å². The first kappa shape index (κ1) is 24.8. The Hall–Kier alpha value is -3.91. The van der Waals surface area contributed by atoms with Crippen molar-refractivity contribution in [2.45, 2.75) is 31.8 Å². The molecule has 2 aromatic carbocycles. The Morgan fingerprint density at radius 3 is 2.95 bits per heavy atom. The van der Waals surface area contributed by atoms with Crippen LogP contribution in [0.4, 0.5) is 5.13 Å². The lowest BCUT2D eigenvalue weighted by molar-refractivity contribution is 0.102. The maximum atomic E-state index is 13.0. The maximum absolute atomic E-state index is 13.0. The Morgan fingerprint density at radius 1 is 1.27 bits per heavy atom. The second-order valence-corrected chi connectivity index (χ2v) is 10.0. The van der Waals surface area contributed by atoms with E-state index in [1.165, 1.54) is 4.88 Å². The standard InChI is InChI=1S/C27H27N7O2S/c1-36-12-11-29-22-9-10-23-25(14-22)37-27(30-23)31-26(35)21-4-2-3-19(13-21)16-34-17-24(32-33-34)20-7-5-18(15-28)6-8-20/h2-8,13,17,22,29H,9-12,14,16H2,1H3,(H,30,31,35). The molecule has 4 aromatic rings. The lowest BCUT2D eigenvalue weighted by Gasteiger charge is -2.22.